The van der Waals surface area contributed by atoms with E-state index in [1.54, 1.807) is 0 Å². The molecule has 0 amide bonds. The first-order valence-corrected chi connectivity index (χ1v) is 6.99. The topological polar surface area (TPSA) is 21.3 Å². The molecule has 0 aliphatic rings. The highest BCUT2D eigenvalue weighted by Gasteiger charge is 2.14. The standard InChI is InChI=1S/C16H27NO/c1-6-13(4)14-9-7-8-10-16(14)18-11-15(17-5)12(2)3/h7-10,12-13,15,17H,6,11H2,1-5H3. The number of likely N-dealkylation sites (N-methyl/N-ethyl adjacent to an activating group) is 1. The summed E-state index contributed by atoms with van der Waals surface area (Å²) in [5.74, 6) is 2.16. The molecule has 2 nitrogen and oxygen atoms in total. The Kier molecular flexibility index (Phi) is 6.20. The van der Waals surface area contributed by atoms with E-state index in [2.05, 4.69) is 51.2 Å². The number of nitrogens with one attached hydrogen (secondary N) is 1. The van der Waals surface area contributed by atoms with Crippen LogP contribution in [-0.4, -0.2) is 19.7 Å². The van der Waals surface area contributed by atoms with Crippen molar-refractivity contribution in [2.24, 2.45) is 5.92 Å². The molecule has 18 heavy (non-hydrogen) atoms. The Balaban J connectivity index is 2.72. The third kappa shape index (κ3) is 4.02. The maximum absolute atomic E-state index is 6.01. The van der Waals surface area contributed by atoms with E-state index in [1.165, 1.54) is 5.56 Å². The second-order valence-electron chi connectivity index (χ2n) is 5.30. The zero-order valence-electron chi connectivity index (χ0n) is 12.4. The Hall–Kier alpha value is -1.02. The summed E-state index contributed by atoms with van der Waals surface area (Å²) in [7, 11) is 1.99. The van der Waals surface area contributed by atoms with Crippen LogP contribution in [0.2, 0.25) is 0 Å². The molecule has 102 valence electrons. The van der Waals surface area contributed by atoms with Gasteiger partial charge in [0.05, 0.1) is 0 Å². The lowest BCUT2D eigenvalue weighted by Crippen LogP contribution is -2.36. The molecule has 0 saturated heterocycles. The Morgan fingerprint density at radius 2 is 1.83 bits per heavy atom. The van der Waals surface area contributed by atoms with E-state index in [-0.39, 0.29) is 0 Å². The number of hydrogen-bond acceptors (Lipinski definition) is 2. The monoisotopic (exact) mass is 249 g/mol. The fourth-order valence-corrected chi connectivity index (χ4v) is 2.03. The van der Waals surface area contributed by atoms with Gasteiger partial charge in [0.15, 0.2) is 0 Å². The van der Waals surface area contributed by atoms with Crippen LogP contribution in [0.4, 0.5) is 0 Å². The van der Waals surface area contributed by atoms with Gasteiger partial charge in [-0.05, 0) is 36.9 Å². The van der Waals surface area contributed by atoms with Gasteiger partial charge < -0.3 is 10.1 Å². The Morgan fingerprint density at radius 3 is 2.39 bits per heavy atom. The lowest BCUT2D eigenvalue weighted by atomic mass is 9.98. The minimum atomic E-state index is 0.398. The van der Waals surface area contributed by atoms with Crippen molar-refractivity contribution in [1.29, 1.82) is 0 Å². The summed E-state index contributed by atoms with van der Waals surface area (Å²) >= 11 is 0. The first-order chi connectivity index (χ1) is 8.60. The maximum atomic E-state index is 6.01. The van der Waals surface area contributed by atoms with Crippen LogP contribution in [0.5, 0.6) is 5.75 Å². The summed E-state index contributed by atoms with van der Waals surface area (Å²) in [6, 6.07) is 8.79. The van der Waals surface area contributed by atoms with Gasteiger partial charge in [0.1, 0.15) is 12.4 Å². The molecule has 2 atom stereocenters. The molecule has 0 aromatic heterocycles. The van der Waals surface area contributed by atoms with Crippen molar-refractivity contribution in [3.05, 3.63) is 29.8 Å². The van der Waals surface area contributed by atoms with E-state index >= 15 is 0 Å². The lowest BCUT2D eigenvalue weighted by molar-refractivity contribution is 0.235. The molecule has 1 aromatic rings. The smallest absolute Gasteiger partial charge is 0.122 e. The van der Waals surface area contributed by atoms with E-state index < -0.39 is 0 Å². The van der Waals surface area contributed by atoms with Gasteiger partial charge in [0.2, 0.25) is 0 Å². The SMILES string of the molecule is CCC(C)c1ccccc1OCC(NC)C(C)C. The Bertz CT molecular complexity index is 349. The fourth-order valence-electron chi connectivity index (χ4n) is 2.03. The molecule has 2 heteroatoms. The van der Waals surface area contributed by atoms with Crippen molar-refractivity contribution in [3.63, 3.8) is 0 Å². The largest absolute Gasteiger partial charge is 0.492 e. The average Bonchev–Trinajstić information content (AvgIpc) is 2.38. The van der Waals surface area contributed by atoms with Crippen LogP contribution in [0.1, 0.15) is 45.6 Å². The third-order valence-corrected chi connectivity index (χ3v) is 3.66. The average molecular weight is 249 g/mol. The van der Waals surface area contributed by atoms with Gasteiger partial charge in [-0.3, -0.25) is 0 Å². The highest BCUT2D eigenvalue weighted by Crippen LogP contribution is 2.28. The van der Waals surface area contributed by atoms with Crippen LogP contribution in [-0.2, 0) is 0 Å². The molecule has 0 spiro atoms. The normalized spacial score (nSPS) is 14.6. The highest BCUT2D eigenvalue weighted by molar-refractivity contribution is 5.35. The van der Waals surface area contributed by atoms with Crippen LogP contribution >= 0.6 is 0 Å². The van der Waals surface area contributed by atoms with Crippen LogP contribution in [0.15, 0.2) is 24.3 Å². The molecule has 0 aliphatic heterocycles. The second-order valence-corrected chi connectivity index (χ2v) is 5.30. The van der Waals surface area contributed by atoms with Crippen LogP contribution < -0.4 is 10.1 Å². The van der Waals surface area contributed by atoms with Crippen molar-refractivity contribution in [1.82, 2.24) is 5.32 Å². The second kappa shape index (κ2) is 7.42. The molecule has 0 bridgehead atoms. The summed E-state index contributed by atoms with van der Waals surface area (Å²) in [4.78, 5) is 0. The van der Waals surface area contributed by atoms with Crippen LogP contribution in [0, 0.1) is 5.92 Å². The van der Waals surface area contributed by atoms with E-state index in [1.807, 2.05) is 13.1 Å². The van der Waals surface area contributed by atoms with E-state index in [0.29, 0.717) is 17.9 Å². The highest BCUT2D eigenvalue weighted by atomic mass is 16.5. The zero-order valence-corrected chi connectivity index (χ0v) is 12.4. The quantitative estimate of drug-likeness (QED) is 0.793. The molecule has 0 radical (unpaired) electrons. The summed E-state index contributed by atoms with van der Waals surface area (Å²) < 4.78 is 6.01. The van der Waals surface area contributed by atoms with Gasteiger partial charge >= 0.3 is 0 Å². The van der Waals surface area contributed by atoms with Crippen molar-refractivity contribution < 1.29 is 4.74 Å². The predicted octanol–water partition coefficient (Wildman–Crippen LogP) is 3.82. The molecule has 0 saturated carbocycles. The number of para-hydroxylation sites is 1. The molecule has 2 unspecified atom stereocenters. The van der Waals surface area contributed by atoms with Gasteiger partial charge in [-0.2, -0.15) is 0 Å². The number of rotatable bonds is 7. The molecule has 1 aromatic carbocycles. The third-order valence-electron chi connectivity index (χ3n) is 3.66. The van der Waals surface area contributed by atoms with Crippen molar-refractivity contribution >= 4 is 0 Å². The van der Waals surface area contributed by atoms with Gasteiger partial charge in [0, 0.05) is 6.04 Å². The van der Waals surface area contributed by atoms with E-state index in [0.717, 1.165) is 18.8 Å². The van der Waals surface area contributed by atoms with Gasteiger partial charge in [-0.25, -0.2) is 0 Å². The summed E-state index contributed by atoms with van der Waals surface area (Å²) in [6.45, 7) is 9.62. The number of benzene rings is 1. The zero-order chi connectivity index (χ0) is 13.5. The molecule has 0 aliphatic carbocycles. The first-order valence-electron chi connectivity index (χ1n) is 6.99. The molecular weight excluding hydrogens is 222 g/mol. The summed E-state index contributed by atoms with van der Waals surface area (Å²) in [6.07, 6.45) is 1.14. The molecule has 0 fully saturated rings. The van der Waals surface area contributed by atoms with Gasteiger partial charge in [-0.15, -0.1) is 0 Å². The minimum Gasteiger partial charge on any atom is -0.492 e. The van der Waals surface area contributed by atoms with Crippen molar-refractivity contribution in [3.8, 4) is 5.75 Å². The van der Waals surface area contributed by atoms with Crippen LogP contribution in [0.25, 0.3) is 0 Å². The molecular formula is C16H27NO. The molecule has 0 heterocycles. The van der Waals surface area contributed by atoms with E-state index in [9.17, 15) is 0 Å². The van der Waals surface area contributed by atoms with Crippen LogP contribution in [0.3, 0.4) is 0 Å². The predicted molar refractivity (Wildman–Crippen MR) is 78.3 cm³/mol. The number of hydrogen-bond donors (Lipinski definition) is 1. The fraction of sp³-hybridized carbons (Fsp3) is 0.625. The van der Waals surface area contributed by atoms with E-state index in [4.69, 9.17) is 4.74 Å². The Labute approximate surface area is 112 Å². The maximum Gasteiger partial charge on any atom is 0.122 e. The lowest BCUT2D eigenvalue weighted by Gasteiger charge is -2.22. The summed E-state index contributed by atoms with van der Waals surface area (Å²) in [5.41, 5.74) is 1.32. The first kappa shape index (κ1) is 15.0. The van der Waals surface area contributed by atoms with Crippen molar-refractivity contribution in [2.45, 2.75) is 46.1 Å². The Morgan fingerprint density at radius 1 is 1.17 bits per heavy atom. The summed E-state index contributed by atoms with van der Waals surface area (Å²) in [5, 5.41) is 3.31. The molecule has 1 rings (SSSR count). The number of ether oxygens (including phenoxy) is 1. The van der Waals surface area contributed by atoms with Crippen molar-refractivity contribution in [2.75, 3.05) is 13.7 Å². The van der Waals surface area contributed by atoms with Gasteiger partial charge in [0.25, 0.3) is 0 Å². The van der Waals surface area contributed by atoms with Gasteiger partial charge in [-0.1, -0.05) is 45.9 Å². The molecule has 1 N–H and O–H groups in total. The minimum absolute atomic E-state index is 0.398.